The molecular formula is C15H8F8O2. The fourth-order valence-electron chi connectivity index (χ4n) is 2.14. The molecule has 0 unspecified atom stereocenters. The Morgan fingerprint density at radius 2 is 1.28 bits per heavy atom. The predicted octanol–water partition coefficient (Wildman–Crippen LogP) is 5.87. The smallest absolute Gasteiger partial charge is 0.434 e. The monoisotopic (exact) mass is 372 g/mol. The predicted molar refractivity (Wildman–Crippen MR) is 70.2 cm³/mol. The minimum absolute atomic E-state index is 0.577. The molecule has 25 heavy (non-hydrogen) atoms. The van der Waals surface area contributed by atoms with E-state index in [0.29, 0.717) is 6.07 Å². The molecule has 2 aromatic carbocycles. The van der Waals surface area contributed by atoms with Crippen LogP contribution in [-0.2, 0) is 6.18 Å². The lowest BCUT2D eigenvalue weighted by Gasteiger charge is -2.19. The lowest BCUT2D eigenvalue weighted by Crippen LogP contribution is -2.18. The van der Waals surface area contributed by atoms with E-state index in [1.54, 1.807) is 0 Å². The Hall–Kier alpha value is -2.52. The average Bonchev–Trinajstić information content (AvgIpc) is 2.44. The first kappa shape index (κ1) is 18.8. The normalized spacial score (nSPS) is 12.4. The van der Waals surface area contributed by atoms with Crippen molar-refractivity contribution < 1.29 is 44.6 Å². The van der Waals surface area contributed by atoms with Gasteiger partial charge in [0.2, 0.25) is 0 Å². The maximum absolute atomic E-state index is 13.3. The van der Waals surface area contributed by atoms with Crippen LogP contribution < -0.4 is 9.47 Å². The van der Waals surface area contributed by atoms with Crippen LogP contribution in [0.2, 0.25) is 0 Å². The van der Waals surface area contributed by atoms with Gasteiger partial charge in [-0.1, -0.05) is 30.3 Å². The van der Waals surface area contributed by atoms with E-state index in [9.17, 15) is 35.1 Å². The summed E-state index contributed by atoms with van der Waals surface area (Å²) < 4.78 is 110. The van der Waals surface area contributed by atoms with Gasteiger partial charge >= 0.3 is 19.2 Å². The highest BCUT2D eigenvalue weighted by atomic mass is 19.4. The zero-order valence-corrected chi connectivity index (χ0v) is 12.0. The summed E-state index contributed by atoms with van der Waals surface area (Å²) in [5.74, 6) is -2.11. The highest BCUT2D eigenvalue weighted by molar-refractivity contribution is 5.76. The van der Waals surface area contributed by atoms with Gasteiger partial charge in [0.1, 0.15) is 17.1 Å². The van der Waals surface area contributed by atoms with Crippen molar-refractivity contribution in [2.45, 2.75) is 19.2 Å². The lowest BCUT2D eigenvalue weighted by molar-refractivity contribution is -0.274. The van der Waals surface area contributed by atoms with E-state index in [0.717, 1.165) is 30.3 Å². The number of hydrogen-bond donors (Lipinski definition) is 0. The summed E-state index contributed by atoms with van der Waals surface area (Å²) in [6.07, 6.45) is -10.3. The van der Waals surface area contributed by atoms with Crippen molar-refractivity contribution in [3.05, 3.63) is 48.0 Å². The van der Waals surface area contributed by atoms with Gasteiger partial charge in [-0.2, -0.15) is 22.0 Å². The SMILES string of the molecule is FC(F)Oc1cccc(-c2ccccc2OC(F)(F)F)c1C(F)(F)F. The summed E-state index contributed by atoms with van der Waals surface area (Å²) in [6.45, 7) is -3.54. The number of halogens is 8. The third-order valence-electron chi connectivity index (χ3n) is 2.93. The molecule has 0 radical (unpaired) electrons. The Labute approximate surface area is 135 Å². The minimum atomic E-state index is -5.16. The van der Waals surface area contributed by atoms with Gasteiger partial charge in [-0.3, -0.25) is 0 Å². The highest BCUT2D eigenvalue weighted by Gasteiger charge is 2.39. The number of alkyl halides is 8. The van der Waals surface area contributed by atoms with E-state index in [2.05, 4.69) is 9.47 Å². The third kappa shape index (κ3) is 4.74. The molecule has 0 aliphatic rings. The van der Waals surface area contributed by atoms with Gasteiger partial charge < -0.3 is 9.47 Å². The second-order valence-electron chi connectivity index (χ2n) is 4.60. The molecule has 0 spiro atoms. The fraction of sp³-hybridized carbons (Fsp3) is 0.200. The van der Waals surface area contributed by atoms with Gasteiger partial charge in [0.05, 0.1) is 0 Å². The van der Waals surface area contributed by atoms with Crippen LogP contribution in [0.3, 0.4) is 0 Å². The first-order valence-corrected chi connectivity index (χ1v) is 6.49. The largest absolute Gasteiger partial charge is 0.573 e. The van der Waals surface area contributed by atoms with Crippen LogP contribution >= 0.6 is 0 Å². The average molecular weight is 372 g/mol. The van der Waals surface area contributed by atoms with Gasteiger partial charge in [-0.05, 0) is 12.1 Å². The molecule has 0 aliphatic heterocycles. The van der Waals surface area contributed by atoms with E-state index in [4.69, 9.17) is 0 Å². The topological polar surface area (TPSA) is 18.5 Å². The summed E-state index contributed by atoms with van der Waals surface area (Å²) >= 11 is 0. The molecule has 2 aromatic rings. The number of para-hydroxylation sites is 1. The summed E-state index contributed by atoms with van der Waals surface area (Å²) in [5.41, 5.74) is -2.99. The van der Waals surface area contributed by atoms with Crippen LogP contribution in [0.4, 0.5) is 35.1 Å². The van der Waals surface area contributed by atoms with Crippen LogP contribution in [0.1, 0.15) is 5.56 Å². The van der Waals surface area contributed by atoms with Crippen LogP contribution in [0.25, 0.3) is 11.1 Å². The van der Waals surface area contributed by atoms with Gasteiger partial charge in [-0.15, -0.1) is 13.2 Å². The first-order chi connectivity index (χ1) is 11.5. The first-order valence-electron chi connectivity index (χ1n) is 6.49. The van der Waals surface area contributed by atoms with Crippen LogP contribution in [0.5, 0.6) is 11.5 Å². The summed E-state index contributed by atoms with van der Waals surface area (Å²) in [7, 11) is 0. The molecule has 136 valence electrons. The van der Waals surface area contributed by atoms with E-state index < -0.39 is 47.3 Å². The molecule has 2 rings (SSSR count). The van der Waals surface area contributed by atoms with Gasteiger partial charge in [0.15, 0.2) is 0 Å². The van der Waals surface area contributed by atoms with Crippen molar-refractivity contribution in [2.75, 3.05) is 0 Å². The molecule has 0 amide bonds. The summed E-state index contributed by atoms with van der Waals surface area (Å²) in [5, 5.41) is 0. The van der Waals surface area contributed by atoms with E-state index >= 15 is 0 Å². The highest BCUT2D eigenvalue weighted by Crippen LogP contribution is 2.46. The Morgan fingerprint density at radius 1 is 0.720 bits per heavy atom. The summed E-state index contributed by atoms with van der Waals surface area (Å²) in [6, 6.07) is 6.48. The van der Waals surface area contributed by atoms with Crippen molar-refractivity contribution in [2.24, 2.45) is 0 Å². The Balaban J connectivity index is 2.68. The molecule has 0 N–H and O–H groups in total. The van der Waals surface area contributed by atoms with E-state index in [-0.39, 0.29) is 0 Å². The van der Waals surface area contributed by atoms with Crippen LogP contribution in [0, 0.1) is 0 Å². The molecule has 0 saturated heterocycles. The second-order valence-corrected chi connectivity index (χ2v) is 4.60. The van der Waals surface area contributed by atoms with Crippen molar-refractivity contribution in [1.82, 2.24) is 0 Å². The lowest BCUT2D eigenvalue weighted by atomic mass is 9.97. The zero-order valence-electron chi connectivity index (χ0n) is 12.0. The number of hydrogen-bond acceptors (Lipinski definition) is 2. The number of ether oxygens (including phenoxy) is 2. The van der Waals surface area contributed by atoms with Crippen molar-refractivity contribution in [3.63, 3.8) is 0 Å². The maximum Gasteiger partial charge on any atom is 0.573 e. The van der Waals surface area contributed by atoms with Crippen molar-refractivity contribution >= 4 is 0 Å². The third-order valence-corrected chi connectivity index (χ3v) is 2.93. The molecule has 2 nitrogen and oxygen atoms in total. The minimum Gasteiger partial charge on any atom is -0.434 e. The standard InChI is InChI=1S/C15H8F8O2/c16-13(17)24-11-7-3-5-9(12(11)14(18,19)20)8-4-1-2-6-10(8)25-15(21,22)23/h1-7,13H. The summed E-state index contributed by atoms with van der Waals surface area (Å²) in [4.78, 5) is 0. The second kappa shape index (κ2) is 6.77. The molecule has 0 aliphatic carbocycles. The fourth-order valence-corrected chi connectivity index (χ4v) is 2.14. The zero-order chi connectivity index (χ0) is 18.8. The van der Waals surface area contributed by atoms with Gasteiger partial charge in [0.25, 0.3) is 0 Å². The molecule has 0 bridgehead atoms. The van der Waals surface area contributed by atoms with Gasteiger partial charge in [-0.25, -0.2) is 0 Å². The molecular weight excluding hydrogens is 364 g/mol. The molecule has 0 fully saturated rings. The molecule has 0 aromatic heterocycles. The molecule has 10 heteroatoms. The maximum atomic E-state index is 13.3. The van der Waals surface area contributed by atoms with Crippen LogP contribution in [-0.4, -0.2) is 13.0 Å². The Morgan fingerprint density at radius 3 is 1.84 bits per heavy atom. The van der Waals surface area contributed by atoms with Crippen LogP contribution in [0.15, 0.2) is 42.5 Å². The Bertz CT molecular complexity index is 737. The van der Waals surface area contributed by atoms with E-state index in [1.165, 1.54) is 6.07 Å². The number of benzene rings is 2. The van der Waals surface area contributed by atoms with Crippen molar-refractivity contribution in [3.8, 4) is 22.6 Å². The molecule has 0 heterocycles. The Kier molecular flexibility index (Phi) is 5.09. The van der Waals surface area contributed by atoms with E-state index in [1.807, 2.05) is 0 Å². The molecule has 0 saturated carbocycles. The van der Waals surface area contributed by atoms with Gasteiger partial charge in [0, 0.05) is 11.1 Å². The number of rotatable bonds is 4. The molecule has 0 atom stereocenters. The quantitative estimate of drug-likeness (QED) is 0.625. The van der Waals surface area contributed by atoms with Crippen molar-refractivity contribution in [1.29, 1.82) is 0 Å².